The summed E-state index contributed by atoms with van der Waals surface area (Å²) in [5.41, 5.74) is 4.19. The monoisotopic (exact) mass is 339 g/mol. The largest absolute Gasteiger partial charge is 0.392 e. The van der Waals surface area contributed by atoms with Crippen molar-refractivity contribution in [1.29, 1.82) is 0 Å². The van der Waals surface area contributed by atoms with Crippen LogP contribution >= 0.6 is 0 Å². The smallest absolute Gasteiger partial charge is 0.250 e. The van der Waals surface area contributed by atoms with E-state index < -0.39 is 0 Å². The molecule has 2 aromatic heterocycles. The lowest BCUT2D eigenvalue weighted by Gasteiger charge is -2.13. The summed E-state index contributed by atoms with van der Waals surface area (Å²) in [4.78, 5) is 19.3. The van der Waals surface area contributed by atoms with E-state index in [1.807, 2.05) is 24.3 Å². The van der Waals surface area contributed by atoms with Gasteiger partial charge in [-0.25, -0.2) is 4.98 Å². The van der Waals surface area contributed by atoms with Crippen molar-refractivity contribution in [2.45, 2.75) is 26.5 Å². The van der Waals surface area contributed by atoms with Crippen LogP contribution in [0.2, 0.25) is 0 Å². The second-order valence-electron chi connectivity index (χ2n) is 6.66. The van der Waals surface area contributed by atoms with Crippen molar-refractivity contribution in [2.24, 2.45) is 5.92 Å². The second-order valence-corrected chi connectivity index (χ2v) is 6.66. The highest BCUT2D eigenvalue weighted by Crippen LogP contribution is 2.28. The first-order valence-electron chi connectivity index (χ1n) is 8.53. The molecule has 0 saturated carbocycles. The fraction of sp³-hybridized carbons (Fsp3) is 0.368. The summed E-state index contributed by atoms with van der Waals surface area (Å²) >= 11 is 0. The maximum absolute atomic E-state index is 11.7. The van der Waals surface area contributed by atoms with E-state index in [0.717, 1.165) is 54.2 Å². The zero-order chi connectivity index (χ0) is 17.4. The minimum atomic E-state index is -0.0850. The molecule has 3 aromatic rings. The Morgan fingerprint density at radius 3 is 3.00 bits per heavy atom. The van der Waals surface area contributed by atoms with Gasteiger partial charge in [-0.05, 0) is 37.1 Å². The molecule has 2 N–H and O–H groups in total. The number of nitrogens with one attached hydrogen (secondary N) is 1. The highest BCUT2D eigenvalue weighted by Gasteiger charge is 2.21. The Morgan fingerprint density at radius 2 is 2.28 bits per heavy atom. The molecule has 6 nitrogen and oxygen atoms in total. The van der Waals surface area contributed by atoms with Crippen LogP contribution in [0.3, 0.4) is 0 Å². The molecule has 1 fully saturated rings. The molecule has 1 saturated heterocycles. The first-order valence-corrected chi connectivity index (χ1v) is 8.53. The molecule has 0 aliphatic carbocycles. The Kier molecular flexibility index (Phi) is 4.15. The van der Waals surface area contributed by atoms with Crippen LogP contribution in [0.1, 0.15) is 17.5 Å². The zero-order valence-electron chi connectivity index (χ0n) is 14.2. The third kappa shape index (κ3) is 2.99. The lowest BCUT2D eigenvalue weighted by molar-refractivity contribution is 0.183. The molecule has 4 rings (SSSR count). The number of aliphatic hydroxyl groups is 1. The van der Waals surface area contributed by atoms with Crippen molar-refractivity contribution in [3.63, 3.8) is 0 Å². The topological polar surface area (TPSA) is 80.1 Å². The van der Waals surface area contributed by atoms with Crippen LogP contribution < -0.4 is 5.56 Å². The lowest BCUT2D eigenvalue weighted by atomic mass is 10.1. The summed E-state index contributed by atoms with van der Waals surface area (Å²) in [5.74, 6) is 1.29. The van der Waals surface area contributed by atoms with Crippen LogP contribution in [0.5, 0.6) is 0 Å². The number of rotatable bonds is 4. The minimum Gasteiger partial charge on any atom is -0.392 e. The number of aryl methyl sites for hydroxylation is 1. The molecule has 0 spiro atoms. The van der Waals surface area contributed by atoms with Crippen molar-refractivity contribution >= 4 is 11.0 Å². The number of aromatic amines is 1. The number of H-pyrrole nitrogens is 1. The summed E-state index contributed by atoms with van der Waals surface area (Å²) in [5, 5.41) is 9.40. The molecule has 1 aliphatic rings. The molecule has 3 heterocycles. The lowest BCUT2D eigenvalue weighted by Crippen LogP contribution is -2.13. The molecule has 0 radical (unpaired) electrons. The summed E-state index contributed by atoms with van der Waals surface area (Å²) in [6.07, 6.45) is 2.75. The van der Waals surface area contributed by atoms with Crippen LogP contribution in [0.15, 0.2) is 35.3 Å². The van der Waals surface area contributed by atoms with E-state index in [1.54, 1.807) is 13.1 Å². The molecule has 0 bridgehead atoms. The number of hydrogen-bond acceptors (Lipinski definition) is 4. The molecular weight excluding hydrogens is 318 g/mol. The van der Waals surface area contributed by atoms with Gasteiger partial charge in [0.1, 0.15) is 5.82 Å². The summed E-state index contributed by atoms with van der Waals surface area (Å²) in [6.45, 7) is 4.18. The van der Waals surface area contributed by atoms with Gasteiger partial charge in [-0.1, -0.05) is 6.07 Å². The average Bonchev–Trinajstić information content (AvgIpc) is 3.25. The van der Waals surface area contributed by atoms with Crippen LogP contribution in [0.25, 0.3) is 22.4 Å². The Balaban J connectivity index is 1.87. The van der Waals surface area contributed by atoms with E-state index in [-0.39, 0.29) is 12.2 Å². The Labute approximate surface area is 145 Å². The third-order valence-corrected chi connectivity index (χ3v) is 4.81. The van der Waals surface area contributed by atoms with Gasteiger partial charge in [0.25, 0.3) is 5.56 Å². The quantitative estimate of drug-likeness (QED) is 0.764. The molecule has 6 heteroatoms. The van der Waals surface area contributed by atoms with Crippen molar-refractivity contribution in [3.8, 4) is 11.4 Å². The molecule has 1 atom stereocenters. The number of pyridine rings is 1. The van der Waals surface area contributed by atoms with Gasteiger partial charge in [-0.3, -0.25) is 4.79 Å². The second kappa shape index (κ2) is 6.46. The van der Waals surface area contributed by atoms with Crippen molar-refractivity contribution in [2.75, 3.05) is 13.2 Å². The highest BCUT2D eigenvalue weighted by molar-refractivity contribution is 5.81. The van der Waals surface area contributed by atoms with Gasteiger partial charge in [0, 0.05) is 36.4 Å². The maximum atomic E-state index is 11.7. The van der Waals surface area contributed by atoms with Crippen LogP contribution in [-0.2, 0) is 17.9 Å². The number of aliphatic hydroxyl groups excluding tert-OH is 1. The number of imidazole rings is 1. The van der Waals surface area contributed by atoms with Gasteiger partial charge in [0.2, 0.25) is 0 Å². The Morgan fingerprint density at radius 1 is 1.40 bits per heavy atom. The van der Waals surface area contributed by atoms with Gasteiger partial charge >= 0.3 is 0 Å². The number of nitrogens with zero attached hydrogens (tertiary/aromatic N) is 2. The molecule has 1 aromatic carbocycles. The summed E-state index contributed by atoms with van der Waals surface area (Å²) < 4.78 is 7.72. The molecular formula is C19H21N3O3. The number of ether oxygens (including phenoxy) is 1. The number of benzene rings is 1. The normalized spacial score (nSPS) is 17.4. The number of fused-ring (bicyclic) bond motifs is 1. The molecule has 0 amide bonds. The molecule has 1 aliphatic heterocycles. The van der Waals surface area contributed by atoms with Crippen LogP contribution in [0, 0.1) is 12.8 Å². The molecule has 130 valence electrons. The van der Waals surface area contributed by atoms with Gasteiger partial charge in [0.15, 0.2) is 0 Å². The van der Waals surface area contributed by atoms with E-state index in [4.69, 9.17) is 9.72 Å². The first kappa shape index (κ1) is 16.1. The fourth-order valence-electron chi connectivity index (χ4n) is 3.39. The van der Waals surface area contributed by atoms with Gasteiger partial charge in [0.05, 0.1) is 24.2 Å². The first-order chi connectivity index (χ1) is 12.2. The van der Waals surface area contributed by atoms with Crippen molar-refractivity contribution in [3.05, 3.63) is 51.9 Å². The predicted octanol–water partition coefficient (Wildman–Crippen LogP) is 2.23. The molecule has 1 unspecified atom stereocenters. The van der Waals surface area contributed by atoms with Crippen molar-refractivity contribution in [1.82, 2.24) is 14.5 Å². The van der Waals surface area contributed by atoms with E-state index in [1.165, 1.54) is 0 Å². The van der Waals surface area contributed by atoms with Crippen molar-refractivity contribution < 1.29 is 9.84 Å². The Hall–Kier alpha value is -2.44. The maximum Gasteiger partial charge on any atom is 0.250 e. The molecule has 25 heavy (non-hydrogen) atoms. The predicted molar refractivity (Wildman–Crippen MR) is 95.4 cm³/mol. The zero-order valence-corrected chi connectivity index (χ0v) is 14.2. The van der Waals surface area contributed by atoms with Crippen LogP contribution in [-0.4, -0.2) is 32.9 Å². The SMILES string of the molecule is Cc1cc(-c2nc3cc(CO)ccc3n2CC2CCOC2)c[nH]c1=O. The number of hydrogen-bond donors (Lipinski definition) is 2. The van der Waals surface area contributed by atoms with E-state index in [0.29, 0.717) is 11.5 Å². The summed E-state index contributed by atoms with van der Waals surface area (Å²) in [6, 6.07) is 7.72. The van der Waals surface area contributed by atoms with Gasteiger partial charge in [-0.15, -0.1) is 0 Å². The average molecular weight is 339 g/mol. The van der Waals surface area contributed by atoms with Crippen LogP contribution in [0.4, 0.5) is 0 Å². The van der Waals surface area contributed by atoms with E-state index >= 15 is 0 Å². The van der Waals surface area contributed by atoms with Gasteiger partial charge in [-0.2, -0.15) is 0 Å². The number of aromatic nitrogens is 3. The summed E-state index contributed by atoms with van der Waals surface area (Å²) in [7, 11) is 0. The standard InChI is InChI=1S/C19H21N3O3/c1-12-6-15(8-20-19(12)24)18-21-16-7-13(10-23)2-3-17(16)22(18)9-14-4-5-25-11-14/h2-3,6-8,14,23H,4-5,9-11H2,1H3,(H,20,24). The highest BCUT2D eigenvalue weighted by atomic mass is 16.5. The Bertz CT molecular complexity index is 968. The van der Waals surface area contributed by atoms with E-state index in [9.17, 15) is 9.90 Å². The third-order valence-electron chi connectivity index (χ3n) is 4.81. The minimum absolute atomic E-state index is 0.00758. The van der Waals surface area contributed by atoms with Gasteiger partial charge < -0.3 is 19.4 Å². The van der Waals surface area contributed by atoms with E-state index in [2.05, 4.69) is 9.55 Å². The fourth-order valence-corrected chi connectivity index (χ4v) is 3.39.